The molecule has 0 aromatic rings. The first-order chi connectivity index (χ1) is 7.72. The predicted molar refractivity (Wildman–Crippen MR) is 55.6 cm³/mol. The summed E-state index contributed by atoms with van der Waals surface area (Å²) in [5.41, 5.74) is 0. The number of hydrogen-bond acceptors (Lipinski definition) is 4. The third kappa shape index (κ3) is 2.18. The molecule has 2 aliphatic heterocycles. The van der Waals surface area contributed by atoms with Gasteiger partial charge in [-0.3, -0.25) is 4.90 Å². The number of urea groups is 1. The number of aliphatic hydroxyl groups is 2. The molecule has 0 radical (unpaired) electrons. The lowest BCUT2D eigenvalue weighted by molar-refractivity contribution is -0.0612. The van der Waals surface area contributed by atoms with E-state index in [2.05, 4.69) is 5.32 Å². The van der Waals surface area contributed by atoms with Crippen LogP contribution in [0.4, 0.5) is 4.79 Å². The van der Waals surface area contributed by atoms with Crippen molar-refractivity contribution in [3.05, 3.63) is 12.2 Å². The van der Waals surface area contributed by atoms with E-state index >= 15 is 0 Å². The van der Waals surface area contributed by atoms with Gasteiger partial charge in [-0.2, -0.15) is 0 Å². The third-order valence-electron chi connectivity index (χ3n) is 2.83. The standard InChI is InChI=1S/C10H16N2O4/c13-6-8-7(14)5-9(16-8)12-4-2-1-3-11-10(12)15/h1-2,7-9,13-14H,3-6H2,(H,11,15)/t7-,8+,9-/m0/s1. The molecule has 90 valence electrons. The van der Waals surface area contributed by atoms with Crippen molar-refractivity contribution in [1.82, 2.24) is 10.2 Å². The van der Waals surface area contributed by atoms with E-state index in [9.17, 15) is 9.90 Å². The van der Waals surface area contributed by atoms with E-state index in [0.29, 0.717) is 19.5 Å². The first-order valence-electron chi connectivity index (χ1n) is 5.36. The molecule has 2 aliphatic rings. The van der Waals surface area contributed by atoms with Crippen LogP contribution < -0.4 is 5.32 Å². The summed E-state index contributed by atoms with van der Waals surface area (Å²) in [6.45, 7) is 0.734. The number of aliphatic hydroxyl groups excluding tert-OH is 2. The number of nitrogens with zero attached hydrogens (tertiary/aromatic N) is 1. The van der Waals surface area contributed by atoms with Gasteiger partial charge in [-0.05, 0) is 0 Å². The van der Waals surface area contributed by atoms with Gasteiger partial charge in [0.1, 0.15) is 12.3 Å². The Bertz CT molecular complexity index is 295. The monoisotopic (exact) mass is 228 g/mol. The lowest BCUT2D eigenvalue weighted by atomic mass is 10.2. The molecule has 0 aliphatic carbocycles. The average molecular weight is 228 g/mol. The van der Waals surface area contributed by atoms with Gasteiger partial charge in [0.15, 0.2) is 0 Å². The molecule has 1 saturated heterocycles. The summed E-state index contributed by atoms with van der Waals surface area (Å²) >= 11 is 0. The Hall–Kier alpha value is -1.11. The van der Waals surface area contributed by atoms with E-state index in [-0.39, 0.29) is 12.6 Å². The molecule has 6 nitrogen and oxygen atoms in total. The quantitative estimate of drug-likeness (QED) is 0.531. The number of carbonyl (C=O) groups excluding carboxylic acids is 1. The minimum atomic E-state index is -0.713. The number of ether oxygens (including phenoxy) is 1. The fraction of sp³-hybridized carbons (Fsp3) is 0.700. The van der Waals surface area contributed by atoms with Crippen LogP contribution in [0.15, 0.2) is 12.2 Å². The number of carbonyl (C=O) groups is 1. The second-order valence-corrected chi connectivity index (χ2v) is 3.92. The number of nitrogens with one attached hydrogen (secondary N) is 1. The van der Waals surface area contributed by atoms with Crippen molar-refractivity contribution in [3.8, 4) is 0 Å². The van der Waals surface area contributed by atoms with Gasteiger partial charge in [-0.15, -0.1) is 0 Å². The summed E-state index contributed by atoms with van der Waals surface area (Å²) in [5, 5.41) is 21.2. The van der Waals surface area contributed by atoms with Gasteiger partial charge < -0.3 is 20.3 Å². The van der Waals surface area contributed by atoms with Crippen molar-refractivity contribution >= 4 is 6.03 Å². The summed E-state index contributed by atoms with van der Waals surface area (Å²) in [4.78, 5) is 13.2. The van der Waals surface area contributed by atoms with Crippen molar-refractivity contribution in [2.24, 2.45) is 0 Å². The molecular formula is C10H16N2O4. The van der Waals surface area contributed by atoms with E-state index < -0.39 is 18.4 Å². The van der Waals surface area contributed by atoms with Crippen LogP contribution in [0.1, 0.15) is 6.42 Å². The van der Waals surface area contributed by atoms with Gasteiger partial charge in [0.05, 0.1) is 12.7 Å². The van der Waals surface area contributed by atoms with Gasteiger partial charge in [-0.25, -0.2) is 4.79 Å². The van der Waals surface area contributed by atoms with E-state index in [0.717, 1.165) is 0 Å². The molecule has 2 rings (SSSR count). The SMILES string of the molecule is O=C1NCC=CCN1[C@@H]1C[C@H](O)[C@@H](CO)O1. The van der Waals surface area contributed by atoms with E-state index in [4.69, 9.17) is 9.84 Å². The van der Waals surface area contributed by atoms with Crippen LogP contribution in [-0.4, -0.2) is 59.3 Å². The van der Waals surface area contributed by atoms with Crippen molar-refractivity contribution in [2.45, 2.75) is 24.9 Å². The maximum Gasteiger partial charge on any atom is 0.319 e. The summed E-state index contributed by atoms with van der Waals surface area (Å²) in [5.74, 6) is 0. The summed E-state index contributed by atoms with van der Waals surface area (Å²) in [7, 11) is 0. The van der Waals surface area contributed by atoms with Gasteiger partial charge in [0.25, 0.3) is 0 Å². The molecule has 3 atom stereocenters. The molecule has 6 heteroatoms. The Kier molecular flexibility index (Phi) is 3.42. The fourth-order valence-corrected chi connectivity index (χ4v) is 1.92. The van der Waals surface area contributed by atoms with E-state index in [1.807, 2.05) is 12.2 Å². The molecule has 16 heavy (non-hydrogen) atoms. The Morgan fingerprint density at radius 1 is 1.56 bits per heavy atom. The molecular weight excluding hydrogens is 212 g/mol. The second kappa shape index (κ2) is 4.82. The summed E-state index contributed by atoms with van der Waals surface area (Å²) in [6, 6.07) is -0.208. The summed E-state index contributed by atoms with van der Waals surface area (Å²) < 4.78 is 5.42. The van der Waals surface area contributed by atoms with Gasteiger partial charge in [-0.1, -0.05) is 12.2 Å². The number of rotatable bonds is 2. The molecule has 1 fully saturated rings. The normalized spacial score (nSPS) is 35.0. The van der Waals surface area contributed by atoms with Gasteiger partial charge in [0.2, 0.25) is 0 Å². The zero-order chi connectivity index (χ0) is 11.5. The second-order valence-electron chi connectivity index (χ2n) is 3.92. The van der Waals surface area contributed by atoms with E-state index in [1.54, 1.807) is 0 Å². The maximum absolute atomic E-state index is 11.7. The lowest BCUT2D eigenvalue weighted by Crippen LogP contribution is -2.45. The summed E-state index contributed by atoms with van der Waals surface area (Å²) in [6.07, 6.45) is 2.31. The highest BCUT2D eigenvalue weighted by atomic mass is 16.5. The minimum absolute atomic E-state index is 0.208. The zero-order valence-electron chi connectivity index (χ0n) is 8.87. The molecule has 0 aromatic heterocycles. The lowest BCUT2D eigenvalue weighted by Gasteiger charge is -2.26. The Balaban J connectivity index is 2.01. The maximum atomic E-state index is 11.7. The van der Waals surface area contributed by atoms with Crippen molar-refractivity contribution in [3.63, 3.8) is 0 Å². The predicted octanol–water partition coefficient (Wildman–Crippen LogP) is -0.964. The van der Waals surface area contributed by atoms with Crippen molar-refractivity contribution in [1.29, 1.82) is 0 Å². The van der Waals surface area contributed by atoms with Crippen LogP contribution in [0.25, 0.3) is 0 Å². The fourth-order valence-electron chi connectivity index (χ4n) is 1.92. The van der Waals surface area contributed by atoms with Crippen molar-refractivity contribution < 1.29 is 19.7 Å². The van der Waals surface area contributed by atoms with Crippen LogP contribution in [0.2, 0.25) is 0 Å². The third-order valence-corrected chi connectivity index (χ3v) is 2.83. The highest BCUT2D eigenvalue weighted by Gasteiger charge is 2.38. The molecule has 0 bridgehead atoms. The zero-order valence-corrected chi connectivity index (χ0v) is 8.87. The first kappa shape index (κ1) is 11.4. The molecule has 0 aromatic carbocycles. The highest BCUT2D eigenvalue weighted by molar-refractivity contribution is 5.75. The van der Waals surface area contributed by atoms with Crippen molar-refractivity contribution in [2.75, 3.05) is 19.7 Å². The highest BCUT2D eigenvalue weighted by Crippen LogP contribution is 2.23. The minimum Gasteiger partial charge on any atom is -0.394 e. The molecule has 0 unspecified atom stereocenters. The molecule has 0 saturated carbocycles. The van der Waals surface area contributed by atoms with Gasteiger partial charge >= 0.3 is 6.03 Å². The Labute approximate surface area is 93.5 Å². The van der Waals surface area contributed by atoms with Crippen LogP contribution in [0, 0.1) is 0 Å². The van der Waals surface area contributed by atoms with Crippen LogP contribution in [0.3, 0.4) is 0 Å². The van der Waals surface area contributed by atoms with E-state index in [1.165, 1.54) is 4.90 Å². The van der Waals surface area contributed by atoms with Crippen LogP contribution in [-0.2, 0) is 4.74 Å². The Morgan fingerprint density at radius 2 is 2.38 bits per heavy atom. The first-order valence-corrected chi connectivity index (χ1v) is 5.36. The van der Waals surface area contributed by atoms with Crippen LogP contribution in [0.5, 0.6) is 0 Å². The largest absolute Gasteiger partial charge is 0.394 e. The number of hydrogen-bond donors (Lipinski definition) is 3. The topological polar surface area (TPSA) is 82.0 Å². The Morgan fingerprint density at radius 3 is 3.06 bits per heavy atom. The van der Waals surface area contributed by atoms with Crippen LogP contribution >= 0.6 is 0 Å². The smallest absolute Gasteiger partial charge is 0.319 e. The molecule has 2 amide bonds. The molecule has 0 spiro atoms. The van der Waals surface area contributed by atoms with Gasteiger partial charge in [0, 0.05) is 19.5 Å². The average Bonchev–Trinajstić information content (AvgIpc) is 2.50. The number of amides is 2. The molecule has 3 N–H and O–H groups in total. The molecule has 2 heterocycles.